The zero-order valence-corrected chi connectivity index (χ0v) is 8.67. The minimum Gasteiger partial charge on any atom is -0.388 e. The van der Waals surface area contributed by atoms with Gasteiger partial charge in [-0.3, -0.25) is 4.68 Å². The Hall–Kier alpha value is -1.61. The van der Waals surface area contributed by atoms with Crippen molar-refractivity contribution in [3.05, 3.63) is 53.9 Å². The van der Waals surface area contributed by atoms with Gasteiger partial charge in [0.05, 0.1) is 12.3 Å². The van der Waals surface area contributed by atoms with Gasteiger partial charge in [0.15, 0.2) is 0 Å². The van der Waals surface area contributed by atoms with Gasteiger partial charge in [-0.25, -0.2) is 0 Å². The fourth-order valence-corrected chi connectivity index (χ4v) is 1.57. The normalized spacial score (nSPS) is 12.7. The lowest BCUT2D eigenvalue weighted by Crippen LogP contribution is -2.00. The topological polar surface area (TPSA) is 38.0 Å². The van der Waals surface area contributed by atoms with E-state index in [0.717, 1.165) is 11.1 Å². The van der Waals surface area contributed by atoms with Crippen LogP contribution in [0.3, 0.4) is 0 Å². The van der Waals surface area contributed by atoms with E-state index < -0.39 is 6.10 Å². The molecule has 0 unspecified atom stereocenters. The van der Waals surface area contributed by atoms with Gasteiger partial charge < -0.3 is 5.11 Å². The third-order valence-electron chi connectivity index (χ3n) is 2.38. The average molecular weight is 202 g/mol. The van der Waals surface area contributed by atoms with E-state index in [-0.39, 0.29) is 0 Å². The highest BCUT2D eigenvalue weighted by molar-refractivity contribution is 5.18. The first kappa shape index (κ1) is 9.93. The van der Waals surface area contributed by atoms with Gasteiger partial charge in [-0.15, -0.1) is 0 Å². The zero-order chi connectivity index (χ0) is 10.7. The van der Waals surface area contributed by atoms with Gasteiger partial charge in [0, 0.05) is 25.2 Å². The molecule has 0 aliphatic heterocycles. The molecule has 78 valence electrons. The van der Waals surface area contributed by atoms with Crippen molar-refractivity contribution >= 4 is 0 Å². The van der Waals surface area contributed by atoms with E-state index in [4.69, 9.17) is 0 Å². The Morgan fingerprint density at radius 3 is 2.67 bits per heavy atom. The number of benzene rings is 1. The summed E-state index contributed by atoms with van der Waals surface area (Å²) >= 11 is 0. The fourth-order valence-electron chi connectivity index (χ4n) is 1.57. The molecule has 2 aromatic rings. The number of aliphatic hydroxyl groups excluding tert-OH is 1. The van der Waals surface area contributed by atoms with E-state index >= 15 is 0 Å². The molecule has 0 aliphatic carbocycles. The second kappa shape index (κ2) is 4.28. The van der Waals surface area contributed by atoms with Gasteiger partial charge in [0.25, 0.3) is 0 Å². The molecule has 3 nitrogen and oxygen atoms in total. The van der Waals surface area contributed by atoms with Crippen molar-refractivity contribution in [1.82, 2.24) is 9.78 Å². The first-order valence-corrected chi connectivity index (χ1v) is 4.96. The monoisotopic (exact) mass is 202 g/mol. The van der Waals surface area contributed by atoms with Crippen LogP contribution < -0.4 is 0 Å². The second-order valence-electron chi connectivity index (χ2n) is 3.65. The minimum absolute atomic E-state index is 0.471. The molecule has 1 heterocycles. The highest BCUT2D eigenvalue weighted by Gasteiger charge is 2.09. The van der Waals surface area contributed by atoms with Crippen LogP contribution in [-0.2, 0) is 13.5 Å². The highest BCUT2D eigenvalue weighted by Crippen LogP contribution is 2.16. The van der Waals surface area contributed by atoms with Gasteiger partial charge in [-0.05, 0) is 5.56 Å². The molecule has 0 aliphatic rings. The van der Waals surface area contributed by atoms with E-state index in [9.17, 15) is 5.11 Å². The molecule has 0 amide bonds. The summed E-state index contributed by atoms with van der Waals surface area (Å²) in [4.78, 5) is 0. The summed E-state index contributed by atoms with van der Waals surface area (Å²) in [6, 6.07) is 9.95. The molecule has 1 atom stereocenters. The number of rotatable bonds is 3. The number of aliphatic hydroxyl groups is 1. The molecule has 3 heteroatoms. The standard InChI is InChI=1S/C12H14N2O/c1-14-9-11(8-13-14)12(15)7-10-5-3-2-4-6-10/h2-6,8-9,12,15H,7H2,1H3/t12-/m0/s1. The van der Waals surface area contributed by atoms with Crippen molar-refractivity contribution in [3.63, 3.8) is 0 Å². The Morgan fingerprint density at radius 2 is 2.07 bits per heavy atom. The number of nitrogens with zero attached hydrogens (tertiary/aromatic N) is 2. The molecular weight excluding hydrogens is 188 g/mol. The Morgan fingerprint density at radius 1 is 1.33 bits per heavy atom. The molecule has 0 fully saturated rings. The summed E-state index contributed by atoms with van der Waals surface area (Å²) in [6.45, 7) is 0. The van der Waals surface area contributed by atoms with Crippen LogP contribution in [0.15, 0.2) is 42.7 Å². The van der Waals surface area contributed by atoms with Crippen LogP contribution in [0, 0.1) is 0 Å². The second-order valence-corrected chi connectivity index (χ2v) is 3.65. The zero-order valence-electron chi connectivity index (χ0n) is 8.67. The van der Waals surface area contributed by atoms with E-state index in [0.29, 0.717) is 6.42 Å². The predicted molar refractivity (Wildman–Crippen MR) is 58.3 cm³/mol. The quantitative estimate of drug-likeness (QED) is 0.822. The largest absolute Gasteiger partial charge is 0.388 e. The van der Waals surface area contributed by atoms with Crippen LogP contribution >= 0.6 is 0 Å². The van der Waals surface area contributed by atoms with Crippen molar-refractivity contribution in [2.24, 2.45) is 7.05 Å². The van der Waals surface area contributed by atoms with Crippen molar-refractivity contribution < 1.29 is 5.11 Å². The molecule has 15 heavy (non-hydrogen) atoms. The maximum atomic E-state index is 9.93. The van der Waals surface area contributed by atoms with E-state index in [1.165, 1.54) is 0 Å². The molecule has 0 saturated heterocycles. The van der Waals surface area contributed by atoms with Crippen LogP contribution in [0.1, 0.15) is 17.2 Å². The summed E-state index contributed by atoms with van der Waals surface area (Å²) in [5.74, 6) is 0. The molecule has 0 radical (unpaired) electrons. The van der Waals surface area contributed by atoms with Crippen LogP contribution in [0.5, 0.6) is 0 Å². The lowest BCUT2D eigenvalue weighted by atomic mass is 10.0. The number of hydrogen-bond donors (Lipinski definition) is 1. The summed E-state index contributed by atoms with van der Waals surface area (Å²) in [5, 5.41) is 14.0. The lowest BCUT2D eigenvalue weighted by Gasteiger charge is -2.07. The summed E-state index contributed by atoms with van der Waals surface area (Å²) in [6.07, 6.45) is 3.70. The number of aromatic nitrogens is 2. The number of hydrogen-bond acceptors (Lipinski definition) is 2. The van der Waals surface area contributed by atoms with Crippen molar-refractivity contribution in [2.75, 3.05) is 0 Å². The third kappa shape index (κ3) is 2.44. The average Bonchev–Trinajstić information content (AvgIpc) is 2.66. The SMILES string of the molecule is Cn1cc([C@@H](O)Cc2ccccc2)cn1. The van der Waals surface area contributed by atoms with Crippen LogP contribution in [-0.4, -0.2) is 14.9 Å². The summed E-state index contributed by atoms with van der Waals surface area (Å²) in [5.41, 5.74) is 2.00. The predicted octanol–water partition coefficient (Wildman–Crippen LogP) is 1.70. The van der Waals surface area contributed by atoms with Gasteiger partial charge in [-0.2, -0.15) is 5.10 Å². The Balaban J connectivity index is 2.07. The van der Waals surface area contributed by atoms with E-state index in [1.54, 1.807) is 10.9 Å². The molecule has 1 aromatic carbocycles. The van der Waals surface area contributed by atoms with E-state index in [1.807, 2.05) is 43.6 Å². The maximum Gasteiger partial charge on any atom is 0.0860 e. The lowest BCUT2D eigenvalue weighted by molar-refractivity contribution is 0.178. The van der Waals surface area contributed by atoms with Gasteiger partial charge >= 0.3 is 0 Å². The van der Waals surface area contributed by atoms with Crippen molar-refractivity contribution in [2.45, 2.75) is 12.5 Å². The van der Waals surface area contributed by atoms with Crippen LogP contribution in [0.25, 0.3) is 0 Å². The van der Waals surface area contributed by atoms with Crippen molar-refractivity contribution in [3.8, 4) is 0 Å². The van der Waals surface area contributed by atoms with Crippen LogP contribution in [0.4, 0.5) is 0 Å². The molecule has 1 aromatic heterocycles. The van der Waals surface area contributed by atoms with Crippen LogP contribution in [0.2, 0.25) is 0 Å². The molecule has 0 bridgehead atoms. The molecule has 0 saturated carbocycles. The Bertz CT molecular complexity index is 422. The maximum absolute atomic E-state index is 9.93. The molecule has 0 spiro atoms. The van der Waals surface area contributed by atoms with Gasteiger partial charge in [-0.1, -0.05) is 30.3 Å². The summed E-state index contributed by atoms with van der Waals surface area (Å²) in [7, 11) is 1.85. The minimum atomic E-state index is -0.471. The molecular formula is C12H14N2O. The first-order chi connectivity index (χ1) is 7.25. The highest BCUT2D eigenvalue weighted by atomic mass is 16.3. The fraction of sp³-hybridized carbons (Fsp3) is 0.250. The third-order valence-corrected chi connectivity index (χ3v) is 2.38. The Labute approximate surface area is 89.0 Å². The van der Waals surface area contributed by atoms with E-state index in [2.05, 4.69) is 5.10 Å². The smallest absolute Gasteiger partial charge is 0.0860 e. The van der Waals surface area contributed by atoms with Crippen molar-refractivity contribution in [1.29, 1.82) is 0 Å². The van der Waals surface area contributed by atoms with Gasteiger partial charge in [0.2, 0.25) is 0 Å². The first-order valence-electron chi connectivity index (χ1n) is 4.96. The molecule has 2 rings (SSSR count). The Kier molecular flexibility index (Phi) is 2.83. The summed E-state index contributed by atoms with van der Waals surface area (Å²) < 4.78 is 1.70. The van der Waals surface area contributed by atoms with Gasteiger partial charge in [0.1, 0.15) is 0 Å². The number of aryl methyl sites for hydroxylation is 1. The molecule has 1 N–H and O–H groups in total.